The third-order valence-electron chi connectivity index (χ3n) is 0. The zero-order valence-electron chi connectivity index (χ0n) is 3.75. The summed E-state index contributed by atoms with van der Waals surface area (Å²) in [6.07, 6.45) is 0. The minimum atomic E-state index is -2.87. The summed E-state index contributed by atoms with van der Waals surface area (Å²) in [4.78, 5) is 14.2. The van der Waals surface area contributed by atoms with Gasteiger partial charge in [0, 0.05) is 4.57 Å². The van der Waals surface area contributed by atoms with E-state index in [2.05, 4.69) is 0 Å². The van der Waals surface area contributed by atoms with Crippen LogP contribution >= 0.6 is 8.25 Å². The van der Waals surface area contributed by atoms with Crippen LogP contribution in [0, 0.1) is 7.43 Å². The van der Waals surface area contributed by atoms with Crippen molar-refractivity contribution < 1.29 is 43.9 Å². The zero-order chi connectivity index (χ0) is 3.58. The first-order chi connectivity index (χ1) is 1.73. The van der Waals surface area contributed by atoms with Gasteiger partial charge in [-0.2, -0.15) is 0 Å². The van der Waals surface area contributed by atoms with Gasteiger partial charge in [-0.15, -0.1) is 9.79 Å². The van der Waals surface area contributed by atoms with Gasteiger partial charge in [-0.3, -0.25) is 0 Å². The van der Waals surface area contributed by atoms with Gasteiger partial charge in [-0.1, -0.05) is 0 Å². The first-order valence-electron chi connectivity index (χ1n) is 0.583. The van der Waals surface area contributed by atoms with Crippen molar-refractivity contribution in [2.45, 2.75) is 0 Å². The quantitative estimate of drug-likeness (QED) is 0.204. The van der Waals surface area contributed by atoms with Crippen molar-refractivity contribution in [2.75, 3.05) is 0 Å². The summed E-state index contributed by atoms with van der Waals surface area (Å²) in [5.41, 5.74) is 0. The molecule has 0 bridgehead atoms. The fourth-order valence-electron chi connectivity index (χ4n) is 0. The van der Waals surface area contributed by atoms with Gasteiger partial charge in [0.25, 0.3) is 0 Å². The van der Waals surface area contributed by atoms with E-state index in [1.165, 1.54) is 0 Å². The maximum absolute atomic E-state index is 8.70. The maximum atomic E-state index is 8.70. The molecule has 3 nitrogen and oxygen atoms in total. The Hall–Kier alpha value is 1.02. The van der Waals surface area contributed by atoms with Crippen LogP contribution in [0.2, 0.25) is 0 Å². The fraction of sp³-hybridized carbons (Fsp3) is 0. The summed E-state index contributed by atoms with van der Waals surface area (Å²) in [5.74, 6) is 0. The van der Waals surface area contributed by atoms with Gasteiger partial charge in [0.05, 0.1) is 0 Å². The smallest absolute Gasteiger partial charge is 0.358 e. The molecule has 0 aromatic heterocycles. The molecule has 32 valence electrons. The molecular formula is CH5NaO3P+. The van der Waals surface area contributed by atoms with Crippen molar-refractivity contribution in [1.29, 1.82) is 0 Å². The molecule has 2 N–H and O–H groups in total. The molecule has 0 rings (SSSR count). The second-order valence-corrected chi connectivity index (χ2v) is 0.758. The van der Waals surface area contributed by atoms with E-state index < -0.39 is 8.25 Å². The molecule has 0 heterocycles. The van der Waals surface area contributed by atoms with Gasteiger partial charge in [0.2, 0.25) is 0 Å². The van der Waals surface area contributed by atoms with Gasteiger partial charge in [-0.25, -0.2) is 0 Å². The first kappa shape index (κ1) is 15.7. The summed E-state index contributed by atoms with van der Waals surface area (Å²) in [6, 6.07) is 0. The Bertz CT molecular complexity index is 33.8. The maximum Gasteiger partial charge on any atom is 1.00 e. The number of rotatable bonds is 0. The average molecular weight is 119 g/mol. The summed E-state index contributed by atoms with van der Waals surface area (Å²) < 4.78 is 8.70. The molecular weight excluding hydrogens is 114 g/mol. The molecule has 0 fully saturated rings. The SMILES string of the molecule is O=[P+](O)O.[CH3-].[Na+]. The molecule has 0 saturated heterocycles. The van der Waals surface area contributed by atoms with Gasteiger partial charge in [0.1, 0.15) is 0 Å². The van der Waals surface area contributed by atoms with Crippen LogP contribution < -0.4 is 29.6 Å². The van der Waals surface area contributed by atoms with Crippen LogP contribution in [0.1, 0.15) is 0 Å². The molecule has 0 aliphatic heterocycles. The molecule has 6 heavy (non-hydrogen) atoms. The Balaban J connectivity index is -0.0000000450. The second-order valence-electron chi connectivity index (χ2n) is 0.253. The molecule has 0 radical (unpaired) electrons. The Morgan fingerprint density at radius 1 is 1.33 bits per heavy atom. The van der Waals surface area contributed by atoms with Gasteiger partial charge < -0.3 is 7.43 Å². The van der Waals surface area contributed by atoms with Crippen LogP contribution in [0.5, 0.6) is 0 Å². The monoisotopic (exact) mass is 119 g/mol. The molecule has 0 unspecified atom stereocenters. The van der Waals surface area contributed by atoms with E-state index in [0.717, 1.165) is 0 Å². The van der Waals surface area contributed by atoms with Gasteiger partial charge in [-0.05, 0) is 0 Å². The molecule has 0 saturated carbocycles. The Kier molecular flexibility index (Phi) is 24.6. The zero-order valence-corrected chi connectivity index (χ0v) is 6.64. The molecule has 0 atom stereocenters. The number of hydrogen-bond donors (Lipinski definition) is 2. The Morgan fingerprint density at radius 2 is 1.33 bits per heavy atom. The van der Waals surface area contributed by atoms with E-state index in [4.69, 9.17) is 14.4 Å². The van der Waals surface area contributed by atoms with Crippen LogP contribution in [0.3, 0.4) is 0 Å². The van der Waals surface area contributed by atoms with Crippen molar-refractivity contribution in [3.8, 4) is 0 Å². The normalized spacial score (nSPS) is 4.33. The minimum absolute atomic E-state index is 0. The van der Waals surface area contributed by atoms with Crippen LogP contribution in [-0.4, -0.2) is 9.79 Å². The van der Waals surface area contributed by atoms with E-state index >= 15 is 0 Å². The van der Waals surface area contributed by atoms with E-state index in [1.807, 2.05) is 0 Å². The van der Waals surface area contributed by atoms with Crippen molar-refractivity contribution in [1.82, 2.24) is 0 Å². The molecule has 0 aliphatic rings. The predicted molar refractivity (Wildman–Crippen MR) is 18.5 cm³/mol. The second kappa shape index (κ2) is 9.39. The summed E-state index contributed by atoms with van der Waals surface area (Å²) >= 11 is 0. The van der Waals surface area contributed by atoms with Crippen molar-refractivity contribution >= 4 is 8.25 Å². The van der Waals surface area contributed by atoms with E-state index in [-0.39, 0.29) is 37.0 Å². The molecule has 0 amide bonds. The topological polar surface area (TPSA) is 57.5 Å². The predicted octanol–water partition coefficient (Wildman–Crippen LogP) is -2.92. The third kappa shape index (κ3) is 78.0. The Labute approximate surface area is 59.6 Å². The summed E-state index contributed by atoms with van der Waals surface area (Å²) in [5, 5.41) is 0. The molecule has 0 spiro atoms. The van der Waals surface area contributed by atoms with Crippen LogP contribution in [0.4, 0.5) is 0 Å². The van der Waals surface area contributed by atoms with Crippen molar-refractivity contribution in [3.05, 3.63) is 7.43 Å². The number of hydrogen-bond acceptors (Lipinski definition) is 1. The average Bonchev–Trinajstić information content (AvgIpc) is 0.811. The summed E-state index contributed by atoms with van der Waals surface area (Å²) in [7, 11) is -2.87. The van der Waals surface area contributed by atoms with Crippen molar-refractivity contribution in [2.24, 2.45) is 0 Å². The standard InChI is InChI=1S/CH3.Na.HO3P/c;;1-4(2)3/h1H3;;(H-,1,2,3)/q-1;+1;/p+1. The molecule has 0 aromatic rings. The third-order valence-corrected chi connectivity index (χ3v) is 0. The Morgan fingerprint density at radius 3 is 1.33 bits per heavy atom. The molecule has 0 aliphatic carbocycles. The van der Waals surface area contributed by atoms with E-state index in [1.54, 1.807) is 0 Å². The van der Waals surface area contributed by atoms with Crippen LogP contribution in [-0.2, 0) is 4.57 Å². The van der Waals surface area contributed by atoms with Gasteiger partial charge in [0.15, 0.2) is 0 Å². The minimum Gasteiger partial charge on any atom is -0.358 e. The fourth-order valence-corrected chi connectivity index (χ4v) is 0. The molecule has 0 aromatic carbocycles. The van der Waals surface area contributed by atoms with Crippen LogP contribution in [0.15, 0.2) is 0 Å². The van der Waals surface area contributed by atoms with Crippen LogP contribution in [0.25, 0.3) is 0 Å². The van der Waals surface area contributed by atoms with Crippen molar-refractivity contribution in [3.63, 3.8) is 0 Å². The van der Waals surface area contributed by atoms with E-state index in [0.29, 0.717) is 0 Å². The largest absolute Gasteiger partial charge is 1.00 e. The molecule has 5 heteroatoms. The van der Waals surface area contributed by atoms with Gasteiger partial charge >= 0.3 is 37.8 Å². The van der Waals surface area contributed by atoms with E-state index in [9.17, 15) is 0 Å². The summed E-state index contributed by atoms with van der Waals surface area (Å²) in [6.45, 7) is 0. The first-order valence-corrected chi connectivity index (χ1v) is 1.75.